The number of hydrogen-bond acceptors (Lipinski definition) is 6. The zero-order valence-corrected chi connectivity index (χ0v) is 17.9. The molecule has 4 rings (SSSR count). The maximum absolute atomic E-state index is 13.2. The molecule has 0 saturated carbocycles. The maximum atomic E-state index is 13.2. The van der Waals surface area contributed by atoms with Crippen LogP contribution in [0.4, 0.5) is 36.3 Å². The Hall–Kier alpha value is -3.66. The quantitative estimate of drug-likeness (QED) is 0.447. The van der Waals surface area contributed by atoms with Crippen molar-refractivity contribution >= 4 is 29.0 Å². The van der Waals surface area contributed by atoms with Crippen LogP contribution in [0.15, 0.2) is 48.7 Å². The number of amides is 1. The topological polar surface area (TPSA) is 91.0 Å². The second-order valence-electron chi connectivity index (χ2n) is 7.64. The van der Waals surface area contributed by atoms with Gasteiger partial charge >= 0.3 is 6.18 Å². The molecule has 172 valence electrons. The summed E-state index contributed by atoms with van der Waals surface area (Å²) in [6, 6.07) is 12.4. The maximum Gasteiger partial charge on any atom is 0.393 e. The second-order valence-corrected chi connectivity index (χ2v) is 7.64. The van der Waals surface area contributed by atoms with Gasteiger partial charge in [0.2, 0.25) is 5.95 Å². The lowest BCUT2D eigenvalue weighted by atomic mass is 10.0. The van der Waals surface area contributed by atoms with Gasteiger partial charge in [0, 0.05) is 31.0 Å². The van der Waals surface area contributed by atoms with Gasteiger partial charge in [0.15, 0.2) is 0 Å². The van der Waals surface area contributed by atoms with Gasteiger partial charge in [-0.1, -0.05) is 18.2 Å². The Morgan fingerprint density at radius 3 is 2.73 bits per heavy atom. The number of nitrogens with zero attached hydrogens (tertiary/aromatic N) is 2. The highest BCUT2D eigenvalue weighted by Gasteiger charge is 2.30. The van der Waals surface area contributed by atoms with Crippen LogP contribution in [0, 0.1) is 0 Å². The molecule has 33 heavy (non-hydrogen) atoms. The van der Waals surface area contributed by atoms with Crippen molar-refractivity contribution in [3.8, 4) is 0 Å². The van der Waals surface area contributed by atoms with E-state index in [9.17, 15) is 18.0 Å². The van der Waals surface area contributed by atoms with Crippen LogP contribution in [0.2, 0.25) is 0 Å². The summed E-state index contributed by atoms with van der Waals surface area (Å²) in [5.41, 5.74) is 3.65. The fourth-order valence-electron chi connectivity index (χ4n) is 3.66. The lowest BCUT2D eigenvalue weighted by Crippen LogP contribution is -2.23. The zero-order valence-electron chi connectivity index (χ0n) is 17.9. The lowest BCUT2D eigenvalue weighted by Gasteiger charge is -2.19. The molecule has 0 bridgehead atoms. The first-order chi connectivity index (χ1) is 15.8. The second kappa shape index (κ2) is 9.45. The number of aromatic nitrogens is 2. The Kier molecular flexibility index (Phi) is 6.45. The van der Waals surface area contributed by atoms with Gasteiger partial charge in [0.1, 0.15) is 5.82 Å². The number of nitrogens with one attached hydrogen (secondary N) is 4. The molecule has 1 aromatic heterocycles. The molecule has 0 unspecified atom stereocenters. The summed E-state index contributed by atoms with van der Waals surface area (Å²) >= 11 is 0. The van der Waals surface area contributed by atoms with E-state index in [0.29, 0.717) is 5.69 Å². The molecule has 2 heterocycles. The van der Waals surface area contributed by atoms with E-state index >= 15 is 0 Å². The minimum absolute atomic E-state index is 0.0247. The summed E-state index contributed by atoms with van der Waals surface area (Å²) in [6.45, 7) is 1.69. The Morgan fingerprint density at radius 2 is 1.94 bits per heavy atom. The molecule has 10 heteroatoms. The van der Waals surface area contributed by atoms with Crippen LogP contribution >= 0.6 is 0 Å². The number of para-hydroxylation sites is 1. The van der Waals surface area contributed by atoms with E-state index in [1.54, 1.807) is 24.3 Å². The SMILES string of the molecule is CNC(=O)c1ccccc1Nc1nc(Nc2ccc3c(c2)CCNC3)ncc1CC(F)(F)F. The highest BCUT2D eigenvalue weighted by molar-refractivity contribution is 6.00. The van der Waals surface area contributed by atoms with Gasteiger partial charge < -0.3 is 21.3 Å². The van der Waals surface area contributed by atoms with E-state index in [1.807, 2.05) is 18.2 Å². The predicted octanol–water partition coefficient (Wildman–Crippen LogP) is 4.07. The van der Waals surface area contributed by atoms with Crippen LogP contribution in [0.1, 0.15) is 27.0 Å². The smallest absolute Gasteiger partial charge is 0.355 e. The van der Waals surface area contributed by atoms with Crippen molar-refractivity contribution in [1.29, 1.82) is 0 Å². The summed E-state index contributed by atoms with van der Waals surface area (Å²) < 4.78 is 39.5. The highest BCUT2D eigenvalue weighted by atomic mass is 19.4. The van der Waals surface area contributed by atoms with Gasteiger partial charge in [-0.3, -0.25) is 4.79 Å². The van der Waals surface area contributed by atoms with Gasteiger partial charge in [-0.05, 0) is 48.4 Å². The van der Waals surface area contributed by atoms with Crippen molar-refractivity contribution in [2.75, 3.05) is 24.2 Å². The Labute approximate surface area is 188 Å². The van der Waals surface area contributed by atoms with Crippen molar-refractivity contribution < 1.29 is 18.0 Å². The van der Waals surface area contributed by atoms with E-state index in [4.69, 9.17) is 0 Å². The number of carbonyl (C=O) groups excluding carboxylic acids is 1. The molecular formula is C23H23F3N6O. The first-order valence-electron chi connectivity index (χ1n) is 10.4. The summed E-state index contributed by atoms with van der Waals surface area (Å²) in [7, 11) is 1.48. The number of alkyl halides is 3. The van der Waals surface area contributed by atoms with E-state index in [2.05, 4.69) is 31.2 Å². The third-order valence-electron chi connectivity index (χ3n) is 5.26. The standard InChI is InChI=1S/C23H23F3N6O/c1-27-21(33)18-4-2-3-5-19(18)31-20-16(11-23(24,25)26)13-29-22(32-20)30-17-7-6-15-12-28-9-8-14(15)10-17/h2-7,10,13,28H,8-9,11-12H2,1H3,(H,27,33)(H2,29,30,31,32). The summed E-state index contributed by atoms with van der Waals surface area (Å²) in [5, 5.41) is 11.8. The number of carbonyl (C=O) groups is 1. The van der Waals surface area contributed by atoms with Gasteiger partial charge in [0.25, 0.3) is 5.91 Å². The molecular weight excluding hydrogens is 433 g/mol. The summed E-state index contributed by atoms with van der Waals surface area (Å²) in [6.07, 6.45) is -3.61. The van der Waals surface area contributed by atoms with Crippen molar-refractivity contribution in [2.45, 2.75) is 25.6 Å². The molecule has 4 N–H and O–H groups in total. The van der Waals surface area contributed by atoms with Gasteiger partial charge in [-0.25, -0.2) is 4.98 Å². The molecule has 1 aliphatic rings. The van der Waals surface area contributed by atoms with E-state index in [-0.39, 0.29) is 28.8 Å². The minimum Gasteiger partial charge on any atom is -0.355 e. The Bertz CT molecular complexity index is 1170. The van der Waals surface area contributed by atoms with Crippen molar-refractivity contribution in [3.05, 3.63) is 70.9 Å². The third-order valence-corrected chi connectivity index (χ3v) is 5.26. The molecule has 0 spiro atoms. The fourth-order valence-corrected chi connectivity index (χ4v) is 3.66. The molecule has 3 aromatic rings. The van der Waals surface area contributed by atoms with Crippen molar-refractivity contribution in [1.82, 2.24) is 20.6 Å². The number of anilines is 4. The molecule has 1 aliphatic heterocycles. The predicted molar refractivity (Wildman–Crippen MR) is 120 cm³/mol. The lowest BCUT2D eigenvalue weighted by molar-refractivity contribution is -0.127. The van der Waals surface area contributed by atoms with Crippen LogP contribution in [0.5, 0.6) is 0 Å². The first-order valence-corrected chi connectivity index (χ1v) is 10.4. The number of fused-ring (bicyclic) bond motifs is 1. The summed E-state index contributed by atoms with van der Waals surface area (Å²) in [5.74, 6) is -0.246. The number of rotatable bonds is 6. The highest BCUT2D eigenvalue weighted by Crippen LogP contribution is 2.29. The van der Waals surface area contributed by atoms with E-state index in [0.717, 1.165) is 31.4 Å². The van der Waals surface area contributed by atoms with Crippen LogP contribution in [-0.2, 0) is 19.4 Å². The largest absolute Gasteiger partial charge is 0.393 e. The Balaban J connectivity index is 1.66. The molecule has 1 amide bonds. The molecule has 0 aliphatic carbocycles. The molecule has 2 aromatic carbocycles. The average molecular weight is 456 g/mol. The number of hydrogen-bond donors (Lipinski definition) is 4. The number of halogens is 3. The van der Waals surface area contributed by atoms with Crippen LogP contribution in [0.3, 0.4) is 0 Å². The Morgan fingerprint density at radius 1 is 1.12 bits per heavy atom. The molecule has 0 radical (unpaired) electrons. The third kappa shape index (κ3) is 5.58. The molecule has 7 nitrogen and oxygen atoms in total. The van der Waals surface area contributed by atoms with Crippen LogP contribution in [-0.4, -0.2) is 35.6 Å². The van der Waals surface area contributed by atoms with Gasteiger partial charge in [-0.15, -0.1) is 0 Å². The average Bonchev–Trinajstić information content (AvgIpc) is 2.80. The first kappa shape index (κ1) is 22.5. The van der Waals surface area contributed by atoms with Crippen LogP contribution < -0.4 is 21.3 Å². The monoisotopic (exact) mass is 456 g/mol. The van der Waals surface area contributed by atoms with Crippen molar-refractivity contribution in [2.24, 2.45) is 0 Å². The fraction of sp³-hybridized carbons (Fsp3) is 0.261. The minimum atomic E-state index is -4.44. The normalized spacial score (nSPS) is 13.2. The summed E-state index contributed by atoms with van der Waals surface area (Å²) in [4.78, 5) is 20.6. The number of benzene rings is 2. The van der Waals surface area contributed by atoms with Crippen LogP contribution in [0.25, 0.3) is 0 Å². The van der Waals surface area contributed by atoms with Gasteiger partial charge in [0.05, 0.1) is 17.7 Å². The van der Waals surface area contributed by atoms with E-state index < -0.39 is 12.6 Å². The molecule has 0 saturated heterocycles. The molecule has 0 fully saturated rings. The molecule has 0 atom stereocenters. The zero-order chi connectivity index (χ0) is 23.4. The van der Waals surface area contributed by atoms with Gasteiger partial charge in [-0.2, -0.15) is 18.2 Å². The van der Waals surface area contributed by atoms with E-state index in [1.165, 1.54) is 18.2 Å². The van der Waals surface area contributed by atoms with Crippen molar-refractivity contribution in [3.63, 3.8) is 0 Å².